The summed E-state index contributed by atoms with van der Waals surface area (Å²) in [5, 5.41) is 0. The van der Waals surface area contributed by atoms with E-state index < -0.39 is 0 Å². The van der Waals surface area contributed by atoms with E-state index >= 15 is 0 Å². The van der Waals surface area contributed by atoms with E-state index in [0.717, 1.165) is 25.3 Å². The van der Waals surface area contributed by atoms with E-state index in [1.807, 2.05) is 6.07 Å². The Morgan fingerprint density at radius 1 is 1.18 bits per heavy atom. The molecule has 0 saturated carbocycles. The normalized spacial score (nSPS) is 16.5. The van der Waals surface area contributed by atoms with Gasteiger partial charge in [0.15, 0.2) is 0 Å². The van der Waals surface area contributed by atoms with E-state index in [4.69, 9.17) is 4.42 Å². The average molecular weight is 227 g/mol. The Bertz CT molecular complexity index is 501. The van der Waals surface area contributed by atoms with Gasteiger partial charge >= 0.3 is 0 Å². The highest BCUT2D eigenvalue weighted by Crippen LogP contribution is 2.28. The van der Waals surface area contributed by atoms with Gasteiger partial charge in [-0.05, 0) is 26.1 Å². The monoisotopic (exact) mass is 227 g/mol. The molecule has 0 spiro atoms. The van der Waals surface area contributed by atoms with Gasteiger partial charge in [0.25, 0.3) is 0 Å². The number of rotatable bonds is 1. The highest BCUT2D eigenvalue weighted by Gasteiger charge is 2.16. The molecule has 2 aromatic rings. The largest absolute Gasteiger partial charge is 0.461 e. The lowest BCUT2D eigenvalue weighted by atomic mass is 10.1. The molecular formula is C15H17NO. The lowest BCUT2D eigenvalue weighted by Gasteiger charge is -2.11. The molecule has 1 aromatic heterocycles. The van der Waals surface area contributed by atoms with Crippen molar-refractivity contribution < 1.29 is 4.42 Å². The van der Waals surface area contributed by atoms with Crippen molar-refractivity contribution in [2.75, 3.05) is 13.6 Å². The highest BCUT2D eigenvalue weighted by atomic mass is 16.3. The predicted octanol–water partition coefficient (Wildman–Crippen LogP) is 3.32. The zero-order valence-electron chi connectivity index (χ0n) is 10.1. The third-order valence-corrected chi connectivity index (χ3v) is 3.34. The molecule has 2 heterocycles. The molecule has 3 rings (SSSR count). The molecule has 0 radical (unpaired) electrons. The fraction of sp³-hybridized carbons (Fsp3) is 0.333. The van der Waals surface area contributed by atoms with Crippen LogP contribution in [0.15, 0.2) is 40.8 Å². The van der Waals surface area contributed by atoms with Gasteiger partial charge in [0.05, 0.1) is 0 Å². The summed E-state index contributed by atoms with van der Waals surface area (Å²) in [6.45, 7) is 2.16. The van der Waals surface area contributed by atoms with Crippen molar-refractivity contribution in [1.82, 2.24) is 4.90 Å². The van der Waals surface area contributed by atoms with Crippen molar-refractivity contribution in [3.63, 3.8) is 0 Å². The standard InChI is InChI=1S/C15H17NO/c1-16-9-5-8-14-13(11-16)10-15(17-14)12-6-3-2-4-7-12/h2-4,6-7,10H,5,8-9,11H2,1H3. The van der Waals surface area contributed by atoms with E-state index in [2.05, 4.69) is 42.3 Å². The van der Waals surface area contributed by atoms with Crippen LogP contribution in [0.25, 0.3) is 11.3 Å². The fourth-order valence-corrected chi connectivity index (χ4v) is 2.44. The van der Waals surface area contributed by atoms with Crippen LogP contribution in [0.1, 0.15) is 17.7 Å². The average Bonchev–Trinajstić information content (AvgIpc) is 2.66. The molecule has 2 heteroatoms. The number of benzene rings is 1. The third kappa shape index (κ3) is 2.13. The summed E-state index contributed by atoms with van der Waals surface area (Å²) in [6, 6.07) is 12.5. The summed E-state index contributed by atoms with van der Waals surface area (Å²) in [5.41, 5.74) is 2.52. The van der Waals surface area contributed by atoms with Crippen LogP contribution in [-0.4, -0.2) is 18.5 Å². The second-order valence-electron chi connectivity index (χ2n) is 4.77. The van der Waals surface area contributed by atoms with E-state index in [1.165, 1.54) is 23.3 Å². The maximum absolute atomic E-state index is 5.99. The van der Waals surface area contributed by atoms with Gasteiger partial charge in [-0.15, -0.1) is 0 Å². The van der Waals surface area contributed by atoms with Gasteiger partial charge < -0.3 is 9.32 Å². The molecule has 0 fully saturated rings. The highest BCUT2D eigenvalue weighted by molar-refractivity contribution is 5.58. The molecule has 0 amide bonds. The number of hydrogen-bond donors (Lipinski definition) is 0. The van der Waals surface area contributed by atoms with Crippen LogP contribution in [0.3, 0.4) is 0 Å². The van der Waals surface area contributed by atoms with Crippen LogP contribution >= 0.6 is 0 Å². The maximum atomic E-state index is 5.99. The van der Waals surface area contributed by atoms with Crippen molar-refractivity contribution in [2.24, 2.45) is 0 Å². The summed E-state index contributed by atoms with van der Waals surface area (Å²) in [7, 11) is 2.17. The number of aryl methyl sites for hydroxylation is 1. The number of fused-ring (bicyclic) bond motifs is 1. The topological polar surface area (TPSA) is 16.4 Å². The van der Waals surface area contributed by atoms with E-state index in [0.29, 0.717) is 0 Å². The minimum Gasteiger partial charge on any atom is -0.461 e. The van der Waals surface area contributed by atoms with Gasteiger partial charge in [-0.25, -0.2) is 0 Å². The molecule has 17 heavy (non-hydrogen) atoms. The summed E-state index contributed by atoms with van der Waals surface area (Å²) < 4.78 is 5.99. The molecule has 0 bridgehead atoms. The van der Waals surface area contributed by atoms with Gasteiger partial charge in [-0.2, -0.15) is 0 Å². The van der Waals surface area contributed by atoms with Crippen LogP contribution in [-0.2, 0) is 13.0 Å². The Balaban J connectivity index is 1.97. The summed E-state index contributed by atoms with van der Waals surface area (Å²) in [4.78, 5) is 2.36. The smallest absolute Gasteiger partial charge is 0.134 e. The Labute approximate surface area is 102 Å². The van der Waals surface area contributed by atoms with Gasteiger partial charge in [-0.3, -0.25) is 0 Å². The van der Waals surface area contributed by atoms with Crippen molar-refractivity contribution in [2.45, 2.75) is 19.4 Å². The van der Waals surface area contributed by atoms with Crippen molar-refractivity contribution in [3.05, 3.63) is 47.7 Å². The quantitative estimate of drug-likeness (QED) is 0.743. The molecule has 0 unspecified atom stereocenters. The van der Waals surface area contributed by atoms with Gasteiger partial charge in [-0.1, -0.05) is 30.3 Å². The zero-order valence-corrected chi connectivity index (χ0v) is 10.1. The van der Waals surface area contributed by atoms with Crippen molar-refractivity contribution in [1.29, 1.82) is 0 Å². The number of furan rings is 1. The predicted molar refractivity (Wildman–Crippen MR) is 68.8 cm³/mol. The Hall–Kier alpha value is -1.54. The summed E-state index contributed by atoms with van der Waals surface area (Å²) in [6.07, 6.45) is 2.25. The molecule has 0 N–H and O–H groups in total. The SMILES string of the molecule is CN1CCCc2oc(-c3ccccc3)cc2C1. The van der Waals surface area contributed by atoms with E-state index in [9.17, 15) is 0 Å². The Kier molecular flexibility index (Phi) is 2.73. The summed E-state index contributed by atoms with van der Waals surface area (Å²) in [5.74, 6) is 2.18. The first-order valence-corrected chi connectivity index (χ1v) is 6.18. The molecule has 1 aromatic carbocycles. The molecule has 2 nitrogen and oxygen atoms in total. The van der Waals surface area contributed by atoms with Crippen LogP contribution in [0.5, 0.6) is 0 Å². The fourth-order valence-electron chi connectivity index (χ4n) is 2.44. The molecular weight excluding hydrogens is 210 g/mol. The summed E-state index contributed by atoms with van der Waals surface area (Å²) >= 11 is 0. The van der Waals surface area contributed by atoms with E-state index in [1.54, 1.807) is 0 Å². The van der Waals surface area contributed by atoms with E-state index in [-0.39, 0.29) is 0 Å². The van der Waals surface area contributed by atoms with Crippen molar-refractivity contribution in [3.8, 4) is 11.3 Å². The lowest BCUT2D eigenvalue weighted by Crippen LogP contribution is -2.16. The van der Waals surface area contributed by atoms with Gasteiger partial charge in [0.1, 0.15) is 11.5 Å². The third-order valence-electron chi connectivity index (χ3n) is 3.34. The molecule has 88 valence electrons. The number of nitrogens with zero attached hydrogens (tertiary/aromatic N) is 1. The zero-order chi connectivity index (χ0) is 11.7. The van der Waals surface area contributed by atoms with Crippen LogP contribution < -0.4 is 0 Å². The minimum atomic E-state index is 1.01. The second-order valence-corrected chi connectivity index (χ2v) is 4.77. The first-order valence-electron chi connectivity index (χ1n) is 6.18. The van der Waals surface area contributed by atoms with Gasteiger partial charge in [0, 0.05) is 24.1 Å². The molecule has 1 aliphatic heterocycles. The molecule has 0 atom stereocenters. The van der Waals surface area contributed by atoms with Crippen LogP contribution in [0.4, 0.5) is 0 Å². The first-order chi connectivity index (χ1) is 8.33. The lowest BCUT2D eigenvalue weighted by molar-refractivity contribution is 0.332. The maximum Gasteiger partial charge on any atom is 0.134 e. The second kappa shape index (κ2) is 4.38. The first kappa shape index (κ1) is 10.6. The Morgan fingerprint density at radius 3 is 2.82 bits per heavy atom. The van der Waals surface area contributed by atoms with Crippen LogP contribution in [0.2, 0.25) is 0 Å². The minimum absolute atomic E-state index is 1.01. The van der Waals surface area contributed by atoms with Crippen LogP contribution in [0, 0.1) is 0 Å². The number of hydrogen-bond acceptors (Lipinski definition) is 2. The van der Waals surface area contributed by atoms with Crippen molar-refractivity contribution >= 4 is 0 Å². The molecule has 0 saturated heterocycles. The van der Waals surface area contributed by atoms with Gasteiger partial charge in [0.2, 0.25) is 0 Å². The molecule has 0 aliphatic carbocycles. The molecule has 1 aliphatic rings. The Morgan fingerprint density at radius 2 is 2.00 bits per heavy atom.